The molecule has 1 saturated heterocycles. The van der Waals surface area contributed by atoms with E-state index in [1.165, 1.54) is 0 Å². The summed E-state index contributed by atoms with van der Waals surface area (Å²) in [6, 6.07) is 18.4. The second-order valence-corrected chi connectivity index (χ2v) is 14.1. The second-order valence-electron chi connectivity index (χ2n) is 13.7. The maximum atomic E-state index is 13.2. The molecule has 264 valence electrons. The predicted molar refractivity (Wildman–Crippen MR) is 200 cm³/mol. The van der Waals surface area contributed by atoms with Crippen LogP contribution in [0.3, 0.4) is 0 Å². The van der Waals surface area contributed by atoms with Gasteiger partial charge in [0, 0.05) is 60.8 Å². The number of morpholine rings is 1. The molecule has 50 heavy (non-hydrogen) atoms. The molecule has 0 amide bonds. The number of carbonyl (C=O) groups is 1. The zero-order valence-electron chi connectivity index (χ0n) is 29.5. The van der Waals surface area contributed by atoms with Crippen molar-refractivity contribution in [3.63, 3.8) is 0 Å². The van der Waals surface area contributed by atoms with E-state index >= 15 is 0 Å². The van der Waals surface area contributed by atoms with Gasteiger partial charge in [-0.25, -0.2) is 4.79 Å². The third-order valence-corrected chi connectivity index (χ3v) is 11.0. The van der Waals surface area contributed by atoms with Crippen molar-refractivity contribution in [3.8, 4) is 16.9 Å². The van der Waals surface area contributed by atoms with Crippen LogP contribution in [-0.4, -0.2) is 88.3 Å². The third-order valence-electron chi connectivity index (χ3n) is 10.6. The molecule has 0 saturated carbocycles. The van der Waals surface area contributed by atoms with Gasteiger partial charge in [0.15, 0.2) is 0 Å². The minimum Gasteiger partial charge on any atom is -0.493 e. The summed E-state index contributed by atoms with van der Waals surface area (Å²) in [5.74, 6) is -0.0670. The van der Waals surface area contributed by atoms with Crippen LogP contribution in [-0.2, 0) is 31.2 Å². The fraction of sp³-hybridized carbons (Fsp3) is 0.450. The molecule has 1 fully saturated rings. The van der Waals surface area contributed by atoms with E-state index in [4.69, 9.17) is 26.2 Å². The van der Waals surface area contributed by atoms with Gasteiger partial charge in [-0.15, -0.1) is 0 Å². The van der Waals surface area contributed by atoms with Crippen molar-refractivity contribution in [1.82, 2.24) is 24.1 Å². The lowest BCUT2D eigenvalue weighted by Gasteiger charge is -2.32. The van der Waals surface area contributed by atoms with Gasteiger partial charge in [-0.3, -0.25) is 14.5 Å². The van der Waals surface area contributed by atoms with Gasteiger partial charge in [0.2, 0.25) is 0 Å². The molecule has 2 aliphatic rings. The zero-order valence-corrected chi connectivity index (χ0v) is 30.2. The monoisotopic (exact) mass is 697 g/mol. The van der Waals surface area contributed by atoms with E-state index in [-0.39, 0.29) is 6.04 Å². The largest absolute Gasteiger partial charge is 0.493 e. The Kier molecular flexibility index (Phi) is 10.5. The maximum absolute atomic E-state index is 13.2. The number of rotatable bonds is 10. The Balaban J connectivity index is 1.31. The van der Waals surface area contributed by atoms with Crippen LogP contribution < -0.4 is 4.74 Å². The minimum atomic E-state index is -0.911. The minimum absolute atomic E-state index is 0.0804. The highest BCUT2D eigenvalue weighted by Gasteiger charge is 2.33. The molecule has 5 aromatic rings. The molecular formula is C40H48ClN5O4. The maximum Gasteiger partial charge on any atom is 0.352 e. The first-order valence-corrected chi connectivity index (χ1v) is 18.5. The molecule has 7 rings (SSSR count). The normalized spacial score (nSPS) is 17.6. The summed E-state index contributed by atoms with van der Waals surface area (Å²) in [7, 11) is 4.23. The van der Waals surface area contributed by atoms with Gasteiger partial charge in [-0.2, -0.15) is 5.10 Å². The van der Waals surface area contributed by atoms with Crippen molar-refractivity contribution in [2.24, 2.45) is 7.05 Å². The smallest absolute Gasteiger partial charge is 0.352 e. The first-order valence-electron chi connectivity index (χ1n) is 18.1. The predicted octanol–water partition coefficient (Wildman–Crippen LogP) is 7.61. The molecule has 3 aromatic carbocycles. The van der Waals surface area contributed by atoms with Crippen LogP contribution in [0.15, 0.2) is 54.6 Å². The number of nitrogens with zero attached hydrogens (tertiary/aromatic N) is 5. The van der Waals surface area contributed by atoms with Crippen molar-refractivity contribution in [1.29, 1.82) is 0 Å². The summed E-state index contributed by atoms with van der Waals surface area (Å²) in [6.07, 6.45) is 4.75. The van der Waals surface area contributed by atoms with E-state index in [1.807, 2.05) is 52.7 Å². The number of carboxylic acids is 1. The highest BCUT2D eigenvalue weighted by molar-refractivity contribution is 6.35. The molecule has 2 aliphatic heterocycles. The van der Waals surface area contributed by atoms with Crippen molar-refractivity contribution in [3.05, 3.63) is 82.3 Å². The number of fused-ring (bicyclic) bond motifs is 3. The molecule has 0 radical (unpaired) electrons. The van der Waals surface area contributed by atoms with E-state index in [1.54, 1.807) is 0 Å². The van der Waals surface area contributed by atoms with Gasteiger partial charge < -0.3 is 19.1 Å². The summed E-state index contributed by atoms with van der Waals surface area (Å²) in [5, 5.41) is 19.8. The van der Waals surface area contributed by atoms with Gasteiger partial charge in [-0.1, -0.05) is 61.0 Å². The lowest BCUT2D eigenvalue weighted by Crippen LogP contribution is -2.38. The molecule has 9 nitrogen and oxygen atoms in total. The van der Waals surface area contributed by atoms with Crippen LogP contribution in [0.5, 0.6) is 5.75 Å². The lowest BCUT2D eigenvalue weighted by atomic mass is 9.93. The topological polar surface area (TPSA) is 85.0 Å². The Morgan fingerprint density at radius 3 is 2.56 bits per heavy atom. The SMILES string of the molecule is CCc1c2c(nn1C)C(CCN1CCOCC1)N(C)CCCCn1c(C(=O)O)c(CCCOc3cccc4ccccc34)c3ccc(Cl)c-2c31. The van der Waals surface area contributed by atoms with Crippen LogP contribution in [0.25, 0.3) is 32.8 Å². The number of aryl methyl sites for hydroxylation is 3. The Morgan fingerprint density at radius 1 is 0.980 bits per heavy atom. The van der Waals surface area contributed by atoms with Crippen molar-refractivity contribution < 1.29 is 19.4 Å². The van der Waals surface area contributed by atoms with E-state index in [2.05, 4.69) is 42.0 Å². The fourth-order valence-electron chi connectivity index (χ4n) is 8.18. The molecule has 10 heteroatoms. The van der Waals surface area contributed by atoms with E-state index in [0.29, 0.717) is 36.7 Å². The molecule has 0 spiro atoms. The molecule has 1 N–H and O–H groups in total. The van der Waals surface area contributed by atoms with Crippen LogP contribution in [0.1, 0.15) is 66.1 Å². The van der Waals surface area contributed by atoms with Crippen molar-refractivity contribution in [2.45, 2.75) is 58.0 Å². The first kappa shape index (κ1) is 34.6. The third kappa shape index (κ3) is 6.64. The Morgan fingerprint density at radius 2 is 1.76 bits per heavy atom. The van der Waals surface area contributed by atoms with Gasteiger partial charge in [-0.05, 0) is 75.2 Å². The summed E-state index contributed by atoms with van der Waals surface area (Å²) in [6.45, 7) is 8.51. The van der Waals surface area contributed by atoms with Crippen LogP contribution in [0.2, 0.25) is 5.02 Å². The molecule has 2 aromatic heterocycles. The molecule has 0 aliphatic carbocycles. The second kappa shape index (κ2) is 15.2. The Hall–Kier alpha value is -3.89. The van der Waals surface area contributed by atoms with E-state index in [9.17, 15) is 9.90 Å². The average Bonchev–Trinajstić information content (AvgIpc) is 3.61. The van der Waals surface area contributed by atoms with Crippen LogP contribution in [0, 0.1) is 0 Å². The Bertz CT molecular complexity index is 1990. The van der Waals surface area contributed by atoms with E-state index in [0.717, 1.165) is 121 Å². The highest BCUT2D eigenvalue weighted by atomic mass is 35.5. The fourth-order valence-corrected chi connectivity index (χ4v) is 8.43. The van der Waals surface area contributed by atoms with Gasteiger partial charge >= 0.3 is 5.97 Å². The summed E-state index contributed by atoms with van der Waals surface area (Å²) in [4.78, 5) is 18.1. The number of halogens is 1. The quantitative estimate of drug-likeness (QED) is 0.150. The summed E-state index contributed by atoms with van der Waals surface area (Å²) in [5.41, 5.74) is 6.17. The van der Waals surface area contributed by atoms with Crippen LogP contribution in [0.4, 0.5) is 0 Å². The molecule has 1 unspecified atom stereocenters. The number of aromatic carboxylic acids is 1. The number of hydrogen-bond acceptors (Lipinski definition) is 6. The number of ether oxygens (including phenoxy) is 2. The standard InChI is InChI=1S/C40H48ClN5O4/c1-4-32-36-35-31(41)17-16-30-29(14-10-24-50-34-15-9-12-27-11-5-6-13-28(27)34)39(40(47)48)46(38(30)35)20-8-7-19-43(2)33(37(36)42-44(32)3)18-21-45-22-25-49-26-23-45/h5-6,9,11-13,15-17,33H,4,7-8,10,14,18-26H2,1-3H3,(H,47,48). The van der Waals surface area contributed by atoms with Crippen molar-refractivity contribution >= 4 is 39.2 Å². The summed E-state index contributed by atoms with van der Waals surface area (Å²) >= 11 is 7.25. The van der Waals surface area contributed by atoms with Gasteiger partial charge in [0.1, 0.15) is 11.4 Å². The van der Waals surface area contributed by atoms with Crippen LogP contribution >= 0.6 is 11.6 Å². The highest BCUT2D eigenvalue weighted by Crippen LogP contribution is 2.45. The molecule has 0 bridgehead atoms. The van der Waals surface area contributed by atoms with E-state index < -0.39 is 5.97 Å². The first-order chi connectivity index (χ1) is 24.4. The Labute approximate surface area is 299 Å². The number of carboxylic acid groups (broad SMARTS) is 1. The summed E-state index contributed by atoms with van der Waals surface area (Å²) < 4.78 is 16.0. The van der Waals surface area contributed by atoms with Gasteiger partial charge in [0.25, 0.3) is 0 Å². The van der Waals surface area contributed by atoms with Crippen molar-refractivity contribution in [2.75, 3.05) is 53.0 Å². The molecular weight excluding hydrogens is 650 g/mol. The lowest BCUT2D eigenvalue weighted by molar-refractivity contribution is 0.0334. The average molecular weight is 698 g/mol. The molecule has 1 atom stereocenters. The number of aromatic nitrogens is 3. The van der Waals surface area contributed by atoms with Gasteiger partial charge in [0.05, 0.1) is 42.1 Å². The number of hydrogen-bond donors (Lipinski definition) is 1. The number of benzene rings is 3. The zero-order chi connectivity index (χ0) is 34.8. The molecule has 4 heterocycles.